The van der Waals surface area contributed by atoms with Crippen molar-refractivity contribution in [2.45, 2.75) is 58.9 Å². The second-order valence-corrected chi connectivity index (χ2v) is 7.07. The van der Waals surface area contributed by atoms with Crippen LogP contribution in [-0.4, -0.2) is 12.1 Å². The minimum Gasteiger partial charge on any atom is -0.312 e. The van der Waals surface area contributed by atoms with E-state index in [1.165, 1.54) is 47.6 Å². The Morgan fingerprint density at radius 1 is 0.857 bits per heavy atom. The highest BCUT2D eigenvalue weighted by atomic mass is 14.9. The SMILES string of the molecule is Cc1ccc(CCCCCNC(C)(C)C)c2ccccc12. The summed E-state index contributed by atoms with van der Waals surface area (Å²) in [6.45, 7) is 10.0. The number of rotatable bonds is 6. The van der Waals surface area contributed by atoms with Crippen LogP contribution < -0.4 is 5.32 Å². The van der Waals surface area contributed by atoms with Gasteiger partial charge in [0.15, 0.2) is 0 Å². The molecule has 1 nitrogen and oxygen atoms in total. The maximum absolute atomic E-state index is 3.56. The molecule has 1 N–H and O–H groups in total. The highest BCUT2D eigenvalue weighted by molar-refractivity contribution is 5.88. The molecule has 0 heterocycles. The van der Waals surface area contributed by atoms with Gasteiger partial charge < -0.3 is 5.32 Å². The number of unbranched alkanes of at least 4 members (excludes halogenated alkanes) is 2. The number of fused-ring (bicyclic) bond motifs is 1. The van der Waals surface area contributed by atoms with Crippen molar-refractivity contribution < 1.29 is 0 Å². The molecule has 2 aromatic carbocycles. The molecule has 0 aliphatic heterocycles. The summed E-state index contributed by atoms with van der Waals surface area (Å²) in [6.07, 6.45) is 5.03. The molecule has 0 unspecified atom stereocenters. The predicted molar refractivity (Wildman–Crippen MR) is 94.0 cm³/mol. The van der Waals surface area contributed by atoms with Crippen LogP contribution in [-0.2, 0) is 6.42 Å². The zero-order chi connectivity index (χ0) is 15.3. The normalized spacial score (nSPS) is 12.0. The lowest BCUT2D eigenvalue weighted by Gasteiger charge is -2.20. The summed E-state index contributed by atoms with van der Waals surface area (Å²) in [7, 11) is 0. The van der Waals surface area contributed by atoms with Gasteiger partial charge in [-0.1, -0.05) is 42.8 Å². The lowest BCUT2D eigenvalue weighted by atomic mass is 9.97. The topological polar surface area (TPSA) is 12.0 Å². The van der Waals surface area contributed by atoms with E-state index in [0.29, 0.717) is 0 Å². The van der Waals surface area contributed by atoms with Crippen LogP contribution in [0.25, 0.3) is 10.8 Å². The van der Waals surface area contributed by atoms with Gasteiger partial charge in [0, 0.05) is 5.54 Å². The van der Waals surface area contributed by atoms with Crippen molar-refractivity contribution in [1.29, 1.82) is 0 Å². The lowest BCUT2D eigenvalue weighted by Crippen LogP contribution is -2.36. The van der Waals surface area contributed by atoms with Gasteiger partial charge in [-0.15, -0.1) is 0 Å². The van der Waals surface area contributed by atoms with E-state index >= 15 is 0 Å². The molecule has 114 valence electrons. The van der Waals surface area contributed by atoms with Crippen LogP contribution in [0.1, 0.15) is 51.2 Å². The van der Waals surface area contributed by atoms with Crippen molar-refractivity contribution in [1.82, 2.24) is 5.32 Å². The highest BCUT2D eigenvalue weighted by Gasteiger charge is 2.07. The van der Waals surface area contributed by atoms with Gasteiger partial charge in [-0.05, 0) is 75.4 Å². The zero-order valence-electron chi connectivity index (χ0n) is 14.0. The Balaban J connectivity index is 1.86. The Morgan fingerprint density at radius 3 is 2.29 bits per heavy atom. The predicted octanol–water partition coefficient (Wildman–Crippen LogP) is 5.25. The first-order valence-corrected chi connectivity index (χ1v) is 8.20. The van der Waals surface area contributed by atoms with Crippen LogP contribution >= 0.6 is 0 Å². The first-order chi connectivity index (χ1) is 9.97. The largest absolute Gasteiger partial charge is 0.312 e. The van der Waals surface area contributed by atoms with E-state index in [-0.39, 0.29) is 5.54 Å². The van der Waals surface area contributed by atoms with E-state index in [1.54, 1.807) is 0 Å². The molecular weight excluding hydrogens is 254 g/mol. The summed E-state index contributed by atoms with van der Waals surface area (Å²) in [5.41, 5.74) is 3.12. The molecule has 0 amide bonds. The van der Waals surface area contributed by atoms with Gasteiger partial charge in [0.25, 0.3) is 0 Å². The van der Waals surface area contributed by atoms with Gasteiger partial charge >= 0.3 is 0 Å². The molecule has 0 atom stereocenters. The monoisotopic (exact) mass is 283 g/mol. The fourth-order valence-electron chi connectivity index (χ4n) is 2.81. The number of benzene rings is 2. The maximum atomic E-state index is 3.56. The molecule has 0 bridgehead atoms. The number of hydrogen-bond donors (Lipinski definition) is 1. The Bertz CT molecular complexity index is 578. The van der Waals surface area contributed by atoms with Crippen LogP contribution in [0.4, 0.5) is 0 Å². The molecule has 2 aromatic rings. The average Bonchev–Trinajstić information content (AvgIpc) is 2.44. The molecule has 1 heteroatoms. The van der Waals surface area contributed by atoms with Gasteiger partial charge in [0.1, 0.15) is 0 Å². The standard InChI is InChI=1S/C20H29N/c1-16-13-14-17(19-12-8-7-11-18(16)19)10-6-5-9-15-21-20(2,3)4/h7-8,11-14,21H,5-6,9-10,15H2,1-4H3. The molecule has 0 aromatic heterocycles. The van der Waals surface area contributed by atoms with Crippen LogP contribution in [0, 0.1) is 6.92 Å². The molecule has 0 saturated heterocycles. The summed E-state index contributed by atoms with van der Waals surface area (Å²) in [5.74, 6) is 0. The van der Waals surface area contributed by atoms with E-state index < -0.39 is 0 Å². The van der Waals surface area contributed by atoms with Crippen molar-refractivity contribution in [3.63, 3.8) is 0 Å². The van der Waals surface area contributed by atoms with Crippen LogP contribution in [0.3, 0.4) is 0 Å². The van der Waals surface area contributed by atoms with Gasteiger partial charge in [0.2, 0.25) is 0 Å². The van der Waals surface area contributed by atoms with Gasteiger partial charge in [-0.25, -0.2) is 0 Å². The van der Waals surface area contributed by atoms with E-state index in [4.69, 9.17) is 0 Å². The summed E-state index contributed by atoms with van der Waals surface area (Å²) >= 11 is 0. The summed E-state index contributed by atoms with van der Waals surface area (Å²) in [4.78, 5) is 0. The Labute approximate surface area is 129 Å². The number of aryl methyl sites for hydroxylation is 2. The fourth-order valence-corrected chi connectivity index (χ4v) is 2.81. The number of nitrogens with one attached hydrogen (secondary N) is 1. The van der Waals surface area contributed by atoms with E-state index in [0.717, 1.165) is 6.54 Å². The third kappa shape index (κ3) is 4.86. The lowest BCUT2D eigenvalue weighted by molar-refractivity contribution is 0.417. The smallest absolute Gasteiger partial charge is 0.00965 e. The molecule has 0 radical (unpaired) electrons. The van der Waals surface area contributed by atoms with Crippen molar-refractivity contribution >= 4 is 10.8 Å². The Morgan fingerprint density at radius 2 is 1.57 bits per heavy atom. The van der Waals surface area contributed by atoms with Crippen LogP contribution in [0.15, 0.2) is 36.4 Å². The first-order valence-electron chi connectivity index (χ1n) is 8.20. The van der Waals surface area contributed by atoms with Crippen LogP contribution in [0.2, 0.25) is 0 Å². The zero-order valence-corrected chi connectivity index (χ0v) is 14.0. The third-order valence-electron chi connectivity index (χ3n) is 4.01. The number of hydrogen-bond acceptors (Lipinski definition) is 1. The van der Waals surface area contributed by atoms with Gasteiger partial charge in [-0.2, -0.15) is 0 Å². The Hall–Kier alpha value is -1.34. The molecule has 2 rings (SSSR count). The van der Waals surface area contributed by atoms with E-state index in [9.17, 15) is 0 Å². The molecule has 0 spiro atoms. The quantitative estimate of drug-likeness (QED) is 0.714. The third-order valence-corrected chi connectivity index (χ3v) is 4.01. The summed E-state index contributed by atoms with van der Waals surface area (Å²) < 4.78 is 0. The van der Waals surface area contributed by atoms with Crippen molar-refractivity contribution in [2.75, 3.05) is 6.54 Å². The van der Waals surface area contributed by atoms with Crippen LogP contribution in [0.5, 0.6) is 0 Å². The molecule has 21 heavy (non-hydrogen) atoms. The average molecular weight is 283 g/mol. The first kappa shape index (κ1) is 16.0. The van der Waals surface area contributed by atoms with E-state index in [2.05, 4.69) is 69.4 Å². The second kappa shape index (κ2) is 7.09. The maximum Gasteiger partial charge on any atom is 0.00965 e. The fraction of sp³-hybridized carbons (Fsp3) is 0.500. The van der Waals surface area contributed by atoms with E-state index in [1.807, 2.05) is 0 Å². The molecule has 0 saturated carbocycles. The summed E-state index contributed by atoms with van der Waals surface area (Å²) in [6, 6.07) is 13.4. The van der Waals surface area contributed by atoms with Crippen molar-refractivity contribution in [3.8, 4) is 0 Å². The minimum absolute atomic E-state index is 0.243. The minimum atomic E-state index is 0.243. The van der Waals surface area contributed by atoms with Crippen molar-refractivity contribution in [2.24, 2.45) is 0 Å². The molecular formula is C20H29N. The summed E-state index contributed by atoms with van der Waals surface area (Å²) in [5, 5.41) is 6.40. The molecule has 0 aliphatic carbocycles. The van der Waals surface area contributed by atoms with Crippen molar-refractivity contribution in [3.05, 3.63) is 47.5 Å². The molecule has 0 fully saturated rings. The van der Waals surface area contributed by atoms with Gasteiger partial charge in [-0.3, -0.25) is 0 Å². The highest BCUT2D eigenvalue weighted by Crippen LogP contribution is 2.23. The second-order valence-electron chi connectivity index (χ2n) is 7.07. The van der Waals surface area contributed by atoms with Gasteiger partial charge in [0.05, 0.1) is 0 Å². The molecule has 0 aliphatic rings. The Kier molecular flexibility index (Phi) is 5.41.